The van der Waals surface area contributed by atoms with Gasteiger partial charge in [0, 0.05) is 10.7 Å². The molecule has 2 aromatic carbocycles. The molecule has 3 rings (SSSR count). The summed E-state index contributed by atoms with van der Waals surface area (Å²) in [4.78, 5) is 26.4. The van der Waals surface area contributed by atoms with E-state index in [1.54, 1.807) is 24.3 Å². The number of benzene rings is 2. The van der Waals surface area contributed by atoms with E-state index in [4.69, 9.17) is 11.6 Å². The molecule has 22 heavy (non-hydrogen) atoms. The number of rotatable bonds is 3. The number of H-pyrrole nitrogens is 1. The van der Waals surface area contributed by atoms with E-state index in [-0.39, 0.29) is 12.5 Å². The number of halogens is 2. The number of aromatic nitrogens is 2. The minimum absolute atomic E-state index is 0.174. The second kappa shape index (κ2) is 5.65. The van der Waals surface area contributed by atoms with Gasteiger partial charge in [-0.25, -0.2) is 9.18 Å². The number of anilines is 1. The van der Waals surface area contributed by atoms with E-state index in [2.05, 4.69) is 10.3 Å². The summed E-state index contributed by atoms with van der Waals surface area (Å²) >= 11 is 5.77. The van der Waals surface area contributed by atoms with Crippen LogP contribution < -0.4 is 11.0 Å². The first-order valence-electron chi connectivity index (χ1n) is 6.46. The highest BCUT2D eigenvalue weighted by molar-refractivity contribution is 6.30. The normalized spacial score (nSPS) is 10.8. The van der Waals surface area contributed by atoms with Crippen molar-refractivity contribution in [3.05, 3.63) is 63.8 Å². The van der Waals surface area contributed by atoms with Crippen molar-refractivity contribution in [2.24, 2.45) is 0 Å². The average molecular weight is 320 g/mol. The van der Waals surface area contributed by atoms with E-state index in [0.717, 1.165) is 0 Å². The Labute approximate surface area is 129 Å². The van der Waals surface area contributed by atoms with Gasteiger partial charge in [0.25, 0.3) is 0 Å². The predicted molar refractivity (Wildman–Crippen MR) is 82.6 cm³/mol. The molecular formula is C15H11ClFN3O2. The molecule has 0 unspecified atom stereocenters. The van der Waals surface area contributed by atoms with Crippen molar-refractivity contribution < 1.29 is 9.18 Å². The van der Waals surface area contributed by atoms with Crippen LogP contribution in [0.5, 0.6) is 0 Å². The Morgan fingerprint density at radius 3 is 2.68 bits per heavy atom. The summed E-state index contributed by atoms with van der Waals surface area (Å²) in [5, 5.41) is 3.23. The summed E-state index contributed by atoms with van der Waals surface area (Å²) in [5.74, 6) is -0.818. The van der Waals surface area contributed by atoms with Crippen molar-refractivity contribution in [3.8, 4) is 0 Å². The Kier molecular flexibility index (Phi) is 3.68. The zero-order valence-corrected chi connectivity index (χ0v) is 12.0. The van der Waals surface area contributed by atoms with Crippen LogP contribution in [0.25, 0.3) is 11.0 Å². The van der Waals surface area contributed by atoms with Crippen LogP contribution in [0.3, 0.4) is 0 Å². The Bertz CT molecular complexity index is 899. The van der Waals surface area contributed by atoms with Gasteiger partial charge in [-0.3, -0.25) is 9.36 Å². The molecule has 0 aliphatic rings. The Morgan fingerprint density at radius 2 is 1.95 bits per heavy atom. The molecule has 0 fully saturated rings. The summed E-state index contributed by atoms with van der Waals surface area (Å²) in [6.45, 7) is -0.174. The van der Waals surface area contributed by atoms with Gasteiger partial charge < -0.3 is 10.3 Å². The van der Waals surface area contributed by atoms with Crippen molar-refractivity contribution in [1.29, 1.82) is 0 Å². The third-order valence-corrected chi connectivity index (χ3v) is 3.42. The van der Waals surface area contributed by atoms with E-state index in [0.29, 0.717) is 21.7 Å². The highest BCUT2D eigenvalue weighted by Crippen LogP contribution is 2.14. The smallest absolute Gasteiger partial charge is 0.325 e. The maximum atomic E-state index is 13.1. The largest absolute Gasteiger partial charge is 0.326 e. The first-order valence-corrected chi connectivity index (χ1v) is 6.84. The predicted octanol–water partition coefficient (Wildman–Crippen LogP) is 2.76. The minimum atomic E-state index is -0.466. The summed E-state index contributed by atoms with van der Waals surface area (Å²) in [5.41, 5.74) is 0.933. The topological polar surface area (TPSA) is 66.9 Å². The zero-order chi connectivity index (χ0) is 15.7. The molecule has 0 saturated heterocycles. The van der Waals surface area contributed by atoms with Gasteiger partial charge in [0.05, 0.1) is 11.0 Å². The lowest BCUT2D eigenvalue weighted by molar-refractivity contribution is -0.116. The highest BCUT2D eigenvalue weighted by atomic mass is 35.5. The van der Waals surface area contributed by atoms with Crippen molar-refractivity contribution in [2.45, 2.75) is 6.54 Å². The van der Waals surface area contributed by atoms with Crippen molar-refractivity contribution in [3.63, 3.8) is 0 Å². The van der Waals surface area contributed by atoms with Crippen LogP contribution in [0.1, 0.15) is 0 Å². The molecule has 0 atom stereocenters. The van der Waals surface area contributed by atoms with Crippen LogP contribution in [0.15, 0.2) is 47.3 Å². The summed E-state index contributed by atoms with van der Waals surface area (Å²) in [6.07, 6.45) is 0. The first-order chi connectivity index (χ1) is 10.5. The van der Waals surface area contributed by atoms with Gasteiger partial charge in [0.15, 0.2) is 0 Å². The maximum absolute atomic E-state index is 13.1. The lowest BCUT2D eigenvalue weighted by atomic mass is 10.3. The molecule has 1 amide bonds. The zero-order valence-electron chi connectivity index (χ0n) is 11.3. The number of amides is 1. The molecule has 0 spiro atoms. The Balaban J connectivity index is 1.83. The molecule has 0 saturated carbocycles. The fraction of sp³-hybridized carbons (Fsp3) is 0.0667. The van der Waals surface area contributed by atoms with Gasteiger partial charge in [0.1, 0.15) is 12.4 Å². The molecule has 3 aromatic rings. The van der Waals surface area contributed by atoms with E-state index < -0.39 is 11.5 Å². The van der Waals surface area contributed by atoms with Crippen LogP contribution in [0.4, 0.5) is 10.1 Å². The summed E-state index contributed by atoms with van der Waals surface area (Å²) < 4.78 is 14.4. The number of hydrogen-bond donors (Lipinski definition) is 2. The number of hydrogen-bond acceptors (Lipinski definition) is 2. The van der Waals surface area contributed by atoms with Gasteiger partial charge in [-0.2, -0.15) is 0 Å². The quantitative estimate of drug-likeness (QED) is 0.779. The number of imidazole rings is 1. The van der Waals surface area contributed by atoms with E-state index in [1.165, 1.54) is 22.8 Å². The van der Waals surface area contributed by atoms with Gasteiger partial charge in [0.2, 0.25) is 5.91 Å². The van der Waals surface area contributed by atoms with Crippen LogP contribution in [-0.4, -0.2) is 15.5 Å². The lowest BCUT2D eigenvalue weighted by Gasteiger charge is -2.06. The lowest BCUT2D eigenvalue weighted by Crippen LogP contribution is -2.25. The van der Waals surface area contributed by atoms with E-state index in [1.807, 2.05) is 0 Å². The molecule has 0 radical (unpaired) electrons. The third kappa shape index (κ3) is 2.87. The standard InChI is InChI=1S/C15H11ClFN3O2/c16-9-1-4-11(5-2-9)18-14(21)8-20-13-6-3-10(17)7-12(13)19-15(20)22/h1-7H,8H2,(H,18,21)(H,19,22). The number of nitrogens with zero attached hydrogens (tertiary/aromatic N) is 1. The second-order valence-electron chi connectivity index (χ2n) is 4.73. The molecular weight excluding hydrogens is 309 g/mol. The van der Waals surface area contributed by atoms with Gasteiger partial charge in [-0.15, -0.1) is 0 Å². The summed E-state index contributed by atoms with van der Waals surface area (Å²) in [7, 11) is 0. The second-order valence-corrected chi connectivity index (χ2v) is 5.17. The summed E-state index contributed by atoms with van der Waals surface area (Å²) in [6, 6.07) is 10.5. The van der Waals surface area contributed by atoms with Crippen LogP contribution >= 0.6 is 11.6 Å². The molecule has 0 aliphatic carbocycles. The SMILES string of the molecule is O=C(Cn1c(=O)[nH]c2cc(F)ccc21)Nc1ccc(Cl)cc1. The number of aromatic amines is 1. The molecule has 0 aliphatic heterocycles. The number of fused-ring (bicyclic) bond motifs is 1. The highest BCUT2D eigenvalue weighted by Gasteiger charge is 2.11. The van der Waals surface area contributed by atoms with Crippen molar-refractivity contribution >= 4 is 34.2 Å². The monoisotopic (exact) mass is 319 g/mol. The molecule has 2 N–H and O–H groups in total. The van der Waals surface area contributed by atoms with Crippen LogP contribution in [0.2, 0.25) is 5.02 Å². The molecule has 1 aromatic heterocycles. The fourth-order valence-corrected chi connectivity index (χ4v) is 2.30. The van der Waals surface area contributed by atoms with Crippen molar-refractivity contribution in [2.75, 3.05) is 5.32 Å². The number of nitrogens with one attached hydrogen (secondary N) is 2. The fourth-order valence-electron chi connectivity index (χ4n) is 2.17. The number of carbonyl (C=O) groups excluding carboxylic acids is 1. The van der Waals surface area contributed by atoms with Gasteiger partial charge >= 0.3 is 5.69 Å². The van der Waals surface area contributed by atoms with Crippen LogP contribution in [0, 0.1) is 5.82 Å². The van der Waals surface area contributed by atoms with Crippen molar-refractivity contribution in [1.82, 2.24) is 9.55 Å². The third-order valence-electron chi connectivity index (χ3n) is 3.17. The maximum Gasteiger partial charge on any atom is 0.326 e. The van der Waals surface area contributed by atoms with Gasteiger partial charge in [-0.05, 0) is 42.5 Å². The molecule has 7 heteroatoms. The Hall–Kier alpha value is -2.60. The molecule has 1 heterocycles. The van der Waals surface area contributed by atoms with E-state index >= 15 is 0 Å². The molecule has 0 bridgehead atoms. The van der Waals surface area contributed by atoms with Crippen LogP contribution in [-0.2, 0) is 11.3 Å². The first kappa shape index (κ1) is 14.3. The average Bonchev–Trinajstić information content (AvgIpc) is 2.77. The minimum Gasteiger partial charge on any atom is -0.325 e. The van der Waals surface area contributed by atoms with Gasteiger partial charge in [-0.1, -0.05) is 11.6 Å². The molecule has 5 nitrogen and oxygen atoms in total. The Morgan fingerprint density at radius 1 is 1.23 bits per heavy atom. The van der Waals surface area contributed by atoms with E-state index in [9.17, 15) is 14.0 Å². The number of carbonyl (C=O) groups is 1. The molecule has 112 valence electrons.